The van der Waals surface area contributed by atoms with E-state index in [1.165, 1.54) is 18.2 Å². The third-order valence-electron chi connectivity index (χ3n) is 4.67. The topological polar surface area (TPSA) is 148 Å². The third kappa shape index (κ3) is 4.53. The smallest absolute Gasteiger partial charge is 0.335 e. The molecular weight excluding hydrogens is 488 g/mol. The van der Waals surface area contributed by atoms with Gasteiger partial charge in [0.25, 0.3) is 5.56 Å². The first-order valence-electron chi connectivity index (χ1n) is 8.93. The van der Waals surface area contributed by atoms with Gasteiger partial charge in [0.05, 0.1) is 16.3 Å². The van der Waals surface area contributed by atoms with Crippen LogP contribution in [-0.2, 0) is 10.0 Å². The molecule has 0 saturated carbocycles. The highest BCUT2D eigenvalue weighted by molar-refractivity contribution is 9.10. The van der Waals surface area contributed by atoms with Crippen molar-refractivity contribution in [1.82, 2.24) is 9.55 Å². The van der Waals surface area contributed by atoms with Crippen molar-refractivity contribution >= 4 is 37.9 Å². The molecule has 0 spiro atoms. The molecule has 0 aliphatic heterocycles. The van der Waals surface area contributed by atoms with Gasteiger partial charge < -0.3 is 5.11 Å². The van der Waals surface area contributed by atoms with Crippen LogP contribution in [0.2, 0.25) is 0 Å². The summed E-state index contributed by atoms with van der Waals surface area (Å²) >= 11 is 3.42. The van der Waals surface area contributed by atoms with Crippen LogP contribution in [0.25, 0.3) is 5.69 Å². The van der Waals surface area contributed by atoms with Gasteiger partial charge in [-0.2, -0.15) is 0 Å². The van der Waals surface area contributed by atoms with E-state index in [0.29, 0.717) is 22.5 Å². The molecule has 1 aromatic heterocycles. The number of primary sulfonamides is 1. The molecule has 31 heavy (non-hydrogen) atoms. The van der Waals surface area contributed by atoms with Gasteiger partial charge in [0, 0.05) is 10.7 Å². The third-order valence-corrected chi connectivity index (χ3v) is 6.43. The molecule has 0 radical (unpaired) electrons. The summed E-state index contributed by atoms with van der Waals surface area (Å²) in [5.41, 5.74) is 0.951. The molecule has 3 rings (SSSR count). The highest BCUT2D eigenvalue weighted by Gasteiger charge is 2.17. The second-order valence-corrected chi connectivity index (χ2v) is 9.39. The fourth-order valence-electron chi connectivity index (χ4n) is 2.97. The predicted molar refractivity (Wildman–Crippen MR) is 121 cm³/mol. The van der Waals surface area contributed by atoms with E-state index in [0.717, 1.165) is 20.8 Å². The fourth-order valence-corrected chi connectivity index (χ4v) is 4.03. The number of halogens is 1. The van der Waals surface area contributed by atoms with Gasteiger partial charge in [-0.25, -0.2) is 22.9 Å². The minimum atomic E-state index is -3.86. The molecule has 0 amide bonds. The quantitative estimate of drug-likeness (QED) is 0.464. The highest BCUT2D eigenvalue weighted by atomic mass is 79.9. The molecule has 11 heteroatoms. The van der Waals surface area contributed by atoms with Crippen LogP contribution in [0.3, 0.4) is 0 Å². The van der Waals surface area contributed by atoms with Gasteiger partial charge in [0.1, 0.15) is 5.56 Å². The van der Waals surface area contributed by atoms with Gasteiger partial charge in [-0.1, -0.05) is 15.9 Å². The lowest BCUT2D eigenvalue weighted by Crippen LogP contribution is -2.31. The second-order valence-electron chi connectivity index (χ2n) is 6.97. The van der Waals surface area contributed by atoms with Gasteiger partial charge in [-0.3, -0.25) is 14.8 Å². The summed E-state index contributed by atoms with van der Waals surface area (Å²) in [7, 11) is -3.86. The van der Waals surface area contributed by atoms with Gasteiger partial charge in [0.2, 0.25) is 15.9 Å². The Morgan fingerprint density at radius 1 is 1.10 bits per heavy atom. The second kappa shape index (κ2) is 8.25. The Balaban J connectivity index is 2.14. The molecule has 0 aliphatic carbocycles. The van der Waals surface area contributed by atoms with Crippen LogP contribution in [-0.4, -0.2) is 29.3 Å². The number of hydrogen-bond donors (Lipinski definition) is 3. The molecule has 162 valence electrons. The molecule has 0 fully saturated rings. The Morgan fingerprint density at radius 3 is 2.39 bits per heavy atom. The summed E-state index contributed by atoms with van der Waals surface area (Å²) in [4.78, 5) is 31.0. The summed E-state index contributed by atoms with van der Waals surface area (Å²) in [6.45, 7) is 5.22. The number of rotatable bonds is 4. The molecule has 0 aliphatic rings. The number of hydrogen-bond acceptors (Lipinski definition) is 6. The van der Waals surface area contributed by atoms with Gasteiger partial charge >= 0.3 is 5.69 Å². The SMILES string of the molecule is Cc1cc(-n2c(O)c(C=Nc3ccc(S(N)(=O)=O)cc3C)c(=O)[nH]c2=O)c(C)cc1Br. The van der Waals surface area contributed by atoms with E-state index in [9.17, 15) is 23.1 Å². The lowest BCUT2D eigenvalue weighted by Gasteiger charge is -2.14. The van der Waals surface area contributed by atoms with E-state index in [2.05, 4.69) is 25.9 Å². The Kier molecular flexibility index (Phi) is 6.03. The average molecular weight is 507 g/mol. The predicted octanol–water partition coefficient (Wildman–Crippen LogP) is 2.32. The number of nitrogens with one attached hydrogen (secondary N) is 1. The zero-order chi connectivity index (χ0) is 23.1. The minimum Gasteiger partial charge on any atom is -0.493 e. The number of aryl methyl sites for hydroxylation is 3. The first-order chi connectivity index (χ1) is 14.4. The molecule has 1 heterocycles. The molecule has 0 saturated heterocycles. The molecule has 0 bridgehead atoms. The molecule has 3 aromatic rings. The van der Waals surface area contributed by atoms with E-state index < -0.39 is 27.2 Å². The van der Waals surface area contributed by atoms with E-state index in [1.807, 2.05) is 6.92 Å². The molecule has 9 nitrogen and oxygen atoms in total. The van der Waals surface area contributed by atoms with Crippen LogP contribution in [0.1, 0.15) is 22.3 Å². The number of nitrogens with zero attached hydrogens (tertiary/aromatic N) is 2. The summed E-state index contributed by atoms with van der Waals surface area (Å²) in [6, 6.07) is 7.56. The highest BCUT2D eigenvalue weighted by Crippen LogP contribution is 2.26. The van der Waals surface area contributed by atoms with Crippen LogP contribution in [0.5, 0.6) is 5.88 Å². The molecule has 0 atom stereocenters. The van der Waals surface area contributed by atoms with E-state index >= 15 is 0 Å². The minimum absolute atomic E-state index is 0.0701. The Morgan fingerprint density at radius 2 is 1.77 bits per heavy atom. The van der Waals surface area contributed by atoms with Crippen molar-refractivity contribution in [1.29, 1.82) is 0 Å². The van der Waals surface area contributed by atoms with Crippen molar-refractivity contribution < 1.29 is 13.5 Å². The molecular formula is C20H19BrN4O5S. The fraction of sp³-hybridized carbons (Fsp3) is 0.150. The largest absolute Gasteiger partial charge is 0.493 e. The first-order valence-corrected chi connectivity index (χ1v) is 11.3. The van der Waals surface area contributed by atoms with Gasteiger partial charge in [-0.05, 0) is 67.8 Å². The first kappa shape index (κ1) is 22.7. The monoisotopic (exact) mass is 506 g/mol. The Hall–Kier alpha value is -3.02. The number of aromatic nitrogens is 2. The number of aliphatic imine (C=N–C) groups is 1. The molecule has 2 aromatic carbocycles. The van der Waals surface area contributed by atoms with Gasteiger partial charge in [0.15, 0.2) is 0 Å². The summed E-state index contributed by atoms with van der Waals surface area (Å²) in [6.07, 6.45) is 1.12. The normalized spacial score (nSPS) is 11.9. The van der Waals surface area contributed by atoms with Crippen LogP contribution < -0.4 is 16.4 Å². The molecule has 0 unspecified atom stereocenters. The zero-order valence-corrected chi connectivity index (χ0v) is 19.2. The van der Waals surface area contributed by atoms with Crippen LogP contribution >= 0.6 is 15.9 Å². The average Bonchev–Trinajstić information content (AvgIpc) is 2.65. The maximum Gasteiger partial charge on any atom is 0.335 e. The lowest BCUT2D eigenvalue weighted by molar-refractivity contribution is 0.430. The number of aromatic hydroxyl groups is 1. The van der Waals surface area contributed by atoms with Crippen molar-refractivity contribution in [2.45, 2.75) is 25.7 Å². The number of H-pyrrole nitrogens is 1. The van der Waals surface area contributed by atoms with Crippen LogP contribution in [0, 0.1) is 20.8 Å². The van der Waals surface area contributed by atoms with Crippen LogP contribution in [0.4, 0.5) is 5.69 Å². The van der Waals surface area contributed by atoms with Gasteiger partial charge in [-0.15, -0.1) is 0 Å². The van der Waals surface area contributed by atoms with E-state index in [4.69, 9.17) is 5.14 Å². The van der Waals surface area contributed by atoms with E-state index in [1.54, 1.807) is 26.0 Å². The standard InChI is InChI=1S/C20H19BrN4O5S/c1-10-8-17(12(3)7-15(10)21)25-19(27)14(18(26)24-20(25)28)9-23-16-5-4-13(6-11(16)2)31(22,29)30/h4-9,27H,1-3H3,(H2,22,29,30)(H,24,26,28). The summed E-state index contributed by atoms with van der Waals surface area (Å²) in [5.74, 6) is -0.568. The lowest BCUT2D eigenvalue weighted by atomic mass is 10.1. The van der Waals surface area contributed by atoms with Crippen molar-refractivity contribution in [3.05, 3.63) is 77.9 Å². The van der Waals surface area contributed by atoms with Crippen molar-refractivity contribution in [3.8, 4) is 11.6 Å². The van der Waals surface area contributed by atoms with Crippen molar-refractivity contribution in [3.63, 3.8) is 0 Å². The summed E-state index contributed by atoms with van der Waals surface area (Å²) < 4.78 is 24.8. The summed E-state index contributed by atoms with van der Waals surface area (Å²) in [5, 5.41) is 15.8. The molecule has 4 N–H and O–H groups in total. The van der Waals surface area contributed by atoms with E-state index in [-0.39, 0.29) is 10.5 Å². The maximum absolute atomic E-state index is 12.4. The maximum atomic E-state index is 12.4. The Bertz CT molecular complexity index is 1460. The number of aromatic amines is 1. The number of benzene rings is 2. The van der Waals surface area contributed by atoms with Crippen molar-refractivity contribution in [2.75, 3.05) is 0 Å². The van der Waals surface area contributed by atoms with Crippen molar-refractivity contribution in [2.24, 2.45) is 10.1 Å². The number of nitrogens with two attached hydrogens (primary N) is 1. The number of sulfonamides is 1. The Labute approximate surface area is 186 Å². The zero-order valence-electron chi connectivity index (χ0n) is 16.8. The van der Waals surface area contributed by atoms with Crippen LogP contribution in [0.15, 0.2) is 54.3 Å².